The van der Waals surface area contributed by atoms with Crippen molar-refractivity contribution in [3.63, 3.8) is 0 Å². The Balaban J connectivity index is 2.86. The molecule has 1 aliphatic heterocycles. The Bertz CT molecular complexity index is 594. The first kappa shape index (κ1) is 24.8. The van der Waals surface area contributed by atoms with Crippen LogP contribution in [0.3, 0.4) is 0 Å². The van der Waals surface area contributed by atoms with Gasteiger partial charge in [-0.3, -0.25) is 14.4 Å². The Morgan fingerprint density at radius 3 is 2.07 bits per heavy atom. The molecule has 0 saturated carbocycles. The molecule has 0 spiro atoms. The van der Waals surface area contributed by atoms with Crippen LogP contribution < -0.4 is 10.6 Å². The molecule has 2 N–H and O–H groups in total. The third kappa shape index (κ3) is 6.67. The van der Waals surface area contributed by atoms with Gasteiger partial charge in [0.2, 0.25) is 11.8 Å². The molecule has 1 aliphatic rings. The van der Waals surface area contributed by atoms with Crippen molar-refractivity contribution in [3.05, 3.63) is 0 Å². The number of Topliss-reactive ketones (excluding diaryl/α,β-unsaturated/α-hetero) is 1. The molecule has 3 atom stereocenters. The third-order valence-electron chi connectivity index (χ3n) is 5.57. The van der Waals surface area contributed by atoms with E-state index in [1.165, 1.54) is 6.92 Å². The van der Waals surface area contributed by atoms with Crippen LogP contribution in [0.2, 0.25) is 18.1 Å². The molecule has 0 aromatic heterocycles. The maximum Gasteiger partial charge on any atom is 0.242 e. The zero-order chi connectivity index (χ0) is 21.9. The molecule has 1 rings (SSSR count). The fourth-order valence-corrected chi connectivity index (χ4v) is 3.61. The maximum atomic E-state index is 13.2. The molecule has 7 nitrogen and oxygen atoms in total. The van der Waals surface area contributed by atoms with Crippen LogP contribution in [0.1, 0.15) is 54.9 Å². The Labute approximate surface area is 170 Å². The molecule has 0 aliphatic carbocycles. The summed E-state index contributed by atoms with van der Waals surface area (Å²) in [7, 11) is -2.02. The largest absolute Gasteiger partial charge is 0.413 e. The van der Waals surface area contributed by atoms with Crippen molar-refractivity contribution in [2.75, 3.05) is 13.2 Å². The van der Waals surface area contributed by atoms with Gasteiger partial charge in [-0.2, -0.15) is 0 Å². The van der Waals surface area contributed by atoms with E-state index in [2.05, 4.69) is 44.5 Å². The van der Waals surface area contributed by atoms with Crippen molar-refractivity contribution in [3.8, 4) is 0 Å². The number of ketones is 1. The van der Waals surface area contributed by atoms with Gasteiger partial charge in [-0.05, 0) is 37.4 Å². The van der Waals surface area contributed by atoms with Crippen LogP contribution in [-0.2, 0) is 23.5 Å². The van der Waals surface area contributed by atoms with E-state index in [9.17, 15) is 14.4 Å². The minimum absolute atomic E-state index is 0.0332. The van der Waals surface area contributed by atoms with Gasteiger partial charge in [-0.25, -0.2) is 0 Å². The van der Waals surface area contributed by atoms with Gasteiger partial charge in [0.05, 0.1) is 19.3 Å². The number of carbonyl (C=O) groups is 3. The van der Waals surface area contributed by atoms with Crippen LogP contribution in [0, 0.1) is 5.92 Å². The molecule has 162 valence electrons. The molecule has 0 aromatic carbocycles. The molecule has 1 saturated heterocycles. The first-order valence-corrected chi connectivity index (χ1v) is 12.9. The number of hydrogen-bond donors (Lipinski definition) is 2. The minimum Gasteiger partial charge on any atom is -0.413 e. The van der Waals surface area contributed by atoms with Crippen LogP contribution in [0.15, 0.2) is 0 Å². The zero-order valence-electron chi connectivity index (χ0n) is 18.9. The Kier molecular flexibility index (Phi) is 8.01. The van der Waals surface area contributed by atoms with Gasteiger partial charge in [-0.15, -0.1) is 0 Å². The first-order valence-electron chi connectivity index (χ1n) is 10.0. The van der Waals surface area contributed by atoms with Crippen molar-refractivity contribution >= 4 is 25.9 Å². The Hall–Kier alpha value is -1.25. The van der Waals surface area contributed by atoms with Crippen molar-refractivity contribution in [2.45, 2.75) is 90.7 Å². The highest BCUT2D eigenvalue weighted by molar-refractivity contribution is 6.74. The van der Waals surface area contributed by atoms with Gasteiger partial charge in [0.25, 0.3) is 0 Å². The van der Waals surface area contributed by atoms with E-state index in [0.717, 1.165) is 0 Å². The standard InChI is InChI=1S/C20H38N2O5Si/c1-13(2)10-16(22-18(25)14(3)21-15(4)23)17(24)20(11-26-20)12-27-28(8,9)19(5,6)7/h13-14,16H,10-12H2,1-9H3,(H,21,23)(H,22,25)/t14-,16-,20-/m0/s1. The highest BCUT2D eigenvalue weighted by Crippen LogP contribution is 2.39. The topological polar surface area (TPSA) is 97.0 Å². The molecule has 0 aromatic rings. The number of amides is 2. The lowest BCUT2D eigenvalue weighted by Crippen LogP contribution is -2.54. The fourth-order valence-electron chi connectivity index (χ4n) is 2.58. The molecule has 0 bridgehead atoms. The Morgan fingerprint density at radius 1 is 1.14 bits per heavy atom. The monoisotopic (exact) mass is 414 g/mol. The van der Waals surface area contributed by atoms with Gasteiger partial charge in [0, 0.05) is 6.92 Å². The van der Waals surface area contributed by atoms with Crippen LogP contribution >= 0.6 is 0 Å². The Morgan fingerprint density at radius 2 is 1.68 bits per heavy atom. The number of hydrogen-bond acceptors (Lipinski definition) is 5. The van der Waals surface area contributed by atoms with Crippen LogP contribution in [0.4, 0.5) is 0 Å². The number of ether oxygens (including phenoxy) is 1. The lowest BCUT2D eigenvalue weighted by atomic mass is 9.92. The van der Waals surface area contributed by atoms with Crippen molar-refractivity contribution in [2.24, 2.45) is 5.92 Å². The molecular weight excluding hydrogens is 376 g/mol. The minimum atomic E-state index is -2.02. The van der Waals surface area contributed by atoms with E-state index < -0.39 is 26.0 Å². The number of nitrogens with one attached hydrogen (secondary N) is 2. The number of carbonyl (C=O) groups excluding carboxylic acids is 3. The summed E-state index contributed by atoms with van der Waals surface area (Å²) in [6, 6.07) is -1.38. The van der Waals surface area contributed by atoms with Crippen LogP contribution in [-0.4, -0.2) is 56.8 Å². The van der Waals surface area contributed by atoms with Crippen LogP contribution in [0.5, 0.6) is 0 Å². The molecule has 0 radical (unpaired) electrons. The summed E-state index contributed by atoms with van der Waals surface area (Å²) in [5.41, 5.74) is -0.973. The highest BCUT2D eigenvalue weighted by Gasteiger charge is 2.56. The van der Waals surface area contributed by atoms with Gasteiger partial charge < -0.3 is 19.8 Å². The predicted molar refractivity (Wildman–Crippen MR) is 112 cm³/mol. The second-order valence-corrected chi connectivity index (χ2v) is 14.6. The first-order chi connectivity index (χ1) is 12.6. The lowest BCUT2D eigenvalue weighted by molar-refractivity contribution is -0.133. The van der Waals surface area contributed by atoms with E-state index >= 15 is 0 Å². The number of rotatable bonds is 10. The van der Waals surface area contributed by atoms with E-state index in [1.807, 2.05) is 13.8 Å². The third-order valence-corrected chi connectivity index (χ3v) is 10.0. The molecule has 0 unspecified atom stereocenters. The van der Waals surface area contributed by atoms with Gasteiger partial charge >= 0.3 is 0 Å². The van der Waals surface area contributed by atoms with Crippen molar-refractivity contribution < 1.29 is 23.5 Å². The van der Waals surface area contributed by atoms with Crippen LogP contribution in [0.25, 0.3) is 0 Å². The summed E-state index contributed by atoms with van der Waals surface area (Å²) < 4.78 is 11.8. The summed E-state index contributed by atoms with van der Waals surface area (Å²) in [5, 5.41) is 5.38. The van der Waals surface area contributed by atoms with E-state index in [4.69, 9.17) is 9.16 Å². The second kappa shape index (κ2) is 9.05. The SMILES string of the molecule is CC(=O)N[C@@H](C)C(=O)N[C@@H](CC(C)C)C(=O)[C@@]1(CO[Si](C)(C)C(C)(C)C)CO1. The fraction of sp³-hybridized carbons (Fsp3) is 0.850. The molecule has 28 heavy (non-hydrogen) atoms. The summed E-state index contributed by atoms with van der Waals surface area (Å²) >= 11 is 0. The van der Waals surface area contributed by atoms with E-state index in [-0.39, 0.29) is 35.2 Å². The van der Waals surface area contributed by atoms with Gasteiger partial charge in [0.1, 0.15) is 6.04 Å². The zero-order valence-corrected chi connectivity index (χ0v) is 19.9. The maximum absolute atomic E-state index is 13.2. The van der Waals surface area contributed by atoms with Crippen molar-refractivity contribution in [1.82, 2.24) is 10.6 Å². The smallest absolute Gasteiger partial charge is 0.242 e. The summed E-state index contributed by atoms with van der Waals surface area (Å²) in [5.74, 6) is -0.611. The van der Waals surface area contributed by atoms with E-state index in [1.54, 1.807) is 6.92 Å². The van der Waals surface area contributed by atoms with Gasteiger partial charge in [-0.1, -0.05) is 34.6 Å². The average Bonchev–Trinajstić information content (AvgIpc) is 3.30. The summed E-state index contributed by atoms with van der Waals surface area (Å²) in [6.07, 6.45) is 0.503. The van der Waals surface area contributed by atoms with Crippen molar-refractivity contribution in [1.29, 1.82) is 0 Å². The molecule has 1 fully saturated rings. The average molecular weight is 415 g/mol. The molecule has 2 amide bonds. The lowest BCUT2D eigenvalue weighted by Gasteiger charge is -2.37. The predicted octanol–water partition coefficient (Wildman–Crippen LogP) is 2.40. The summed E-state index contributed by atoms with van der Waals surface area (Å²) in [4.78, 5) is 36.8. The quantitative estimate of drug-likeness (QED) is 0.423. The normalized spacial score (nSPS) is 21.8. The summed E-state index contributed by atoms with van der Waals surface area (Å²) in [6.45, 7) is 18.2. The molecular formula is C20H38N2O5Si. The molecule has 1 heterocycles. The van der Waals surface area contributed by atoms with E-state index in [0.29, 0.717) is 13.0 Å². The highest BCUT2D eigenvalue weighted by atomic mass is 28.4. The number of epoxide rings is 1. The molecule has 8 heteroatoms. The van der Waals surface area contributed by atoms with Gasteiger partial charge in [0.15, 0.2) is 19.7 Å². The second-order valence-electron chi connectivity index (χ2n) is 9.81.